The quantitative estimate of drug-likeness (QED) is 0.844. The lowest BCUT2D eigenvalue weighted by atomic mass is 10.1. The molecule has 1 aliphatic rings. The molecule has 132 valence electrons. The molecule has 0 bridgehead atoms. The van der Waals surface area contributed by atoms with Crippen LogP contribution in [0.25, 0.3) is 0 Å². The molecule has 0 spiro atoms. The molecule has 1 fully saturated rings. The van der Waals surface area contributed by atoms with Gasteiger partial charge in [-0.2, -0.15) is 0 Å². The number of carbonyl (C=O) groups excluding carboxylic acids is 1. The molecule has 3 rings (SSSR count). The molecule has 0 unspecified atom stereocenters. The number of hydrogen-bond acceptors (Lipinski definition) is 3. The first kappa shape index (κ1) is 17.8. The topological polar surface area (TPSA) is 48.5 Å². The van der Waals surface area contributed by atoms with Gasteiger partial charge < -0.3 is 15.1 Å². The Morgan fingerprint density at radius 2 is 1.72 bits per heavy atom. The SMILES string of the molecule is Cc1ccc(NC(=O)N2CCN(c3c(Cl)cncc3Cl)CC2)c(C)c1. The zero-order valence-corrected chi connectivity index (χ0v) is 15.7. The van der Waals surface area contributed by atoms with Crippen LogP contribution in [0.4, 0.5) is 16.2 Å². The summed E-state index contributed by atoms with van der Waals surface area (Å²) in [6.07, 6.45) is 3.17. The Morgan fingerprint density at radius 1 is 1.08 bits per heavy atom. The first-order valence-corrected chi connectivity index (χ1v) is 8.88. The van der Waals surface area contributed by atoms with E-state index in [0.717, 1.165) is 16.9 Å². The molecule has 2 heterocycles. The van der Waals surface area contributed by atoms with E-state index in [0.29, 0.717) is 36.2 Å². The van der Waals surface area contributed by atoms with Crippen molar-refractivity contribution in [1.29, 1.82) is 0 Å². The second-order valence-corrected chi connectivity index (χ2v) is 6.99. The van der Waals surface area contributed by atoms with Gasteiger partial charge in [-0.05, 0) is 25.5 Å². The van der Waals surface area contributed by atoms with Crippen molar-refractivity contribution in [3.63, 3.8) is 0 Å². The van der Waals surface area contributed by atoms with Crippen molar-refractivity contribution in [2.24, 2.45) is 0 Å². The fraction of sp³-hybridized carbons (Fsp3) is 0.333. The standard InChI is InChI=1S/C18H20Cl2N4O/c1-12-3-4-16(13(2)9-12)22-18(25)24-7-5-23(6-8-24)17-14(19)10-21-11-15(17)20/h3-4,9-11H,5-8H2,1-2H3,(H,22,25). The van der Waals surface area contributed by atoms with Gasteiger partial charge in [0.05, 0.1) is 15.7 Å². The van der Waals surface area contributed by atoms with Crippen LogP contribution in [0, 0.1) is 13.8 Å². The minimum Gasteiger partial charge on any atom is -0.365 e. The van der Waals surface area contributed by atoms with Gasteiger partial charge in [0.15, 0.2) is 0 Å². The molecule has 1 aromatic heterocycles. The minimum absolute atomic E-state index is 0.0847. The second kappa shape index (κ2) is 7.50. The number of benzene rings is 1. The predicted octanol–water partition coefficient (Wildman–Crippen LogP) is 4.36. The highest BCUT2D eigenvalue weighted by Gasteiger charge is 2.24. The molecule has 0 radical (unpaired) electrons. The van der Waals surface area contributed by atoms with E-state index in [1.165, 1.54) is 5.56 Å². The minimum atomic E-state index is -0.0847. The molecule has 1 aliphatic heterocycles. The number of amides is 2. The normalized spacial score (nSPS) is 14.6. The lowest BCUT2D eigenvalue weighted by molar-refractivity contribution is 0.208. The molecule has 2 amide bonds. The van der Waals surface area contributed by atoms with Crippen LogP contribution in [0.15, 0.2) is 30.6 Å². The summed E-state index contributed by atoms with van der Waals surface area (Å²) in [5.41, 5.74) is 3.86. The van der Waals surface area contributed by atoms with Gasteiger partial charge in [0.2, 0.25) is 0 Å². The first-order chi connectivity index (χ1) is 12.0. The molecular weight excluding hydrogens is 359 g/mol. The van der Waals surface area contributed by atoms with Crippen LogP contribution in [0.2, 0.25) is 10.0 Å². The summed E-state index contributed by atoms with van der Waals surface area (Å²) in [7, 11) is 0. The average Bonchev–Trinajstić information content (AvgIpc) is 2.58. The molecule has 2 aromatic rings. The van der Waals surface area contributed by atoms with Gasteiger partial charge >= 0.3 is 6.03 Å². The highest BCUT2D eigenvalue weighted by atomic mass is 35.5. The van der Waals surface area contributed by atoms with Gasteiger partial charge in [-0.15, -0.1) is 0 Å². The maximum Gasteiger partial charge on any atom is 0.321 e. The van der Waals surface area contributed by atoms with Crippen LogP contribution in [0.5, 0.6) is 0 Å². The third-order valence-corrected chi connectivity index (χ3v) is 4.89. The maximum atomic E-state index is 12.5. The number of nitrogens with zero attached hydrogens (tertiary/aromatic N) is 3. The maximum absolute atomic E-state index is 12.5. The largest absolute Gasteiger partial charge is 0.365 e. The Bertz CT molecular complexity index is 768. The van der Waals surface area contributed by atoms with E-state index in [1.807, 2.05) is 26.0 Å². The predicted molar refractivity (Wildman–Crippen MR) is 103 cm³/mol. The van der Waals surface area contributed by atoms with Crippen LogP contribution in [-0.2, 0) is 0 Å². The number of aryl methyl sites for hydroxylation is 2. The Hall–Kier alpha value is -1.98. The smallest absolute Gasteiger partial charge is 0.321 e. The Balaban J connectivity index is 1.63. The third kappa shape index (κ3) is 3.99. The number of urea groups is 1. The number of pyridine rings is 1. The third-order valence-electron chi connectivity index (χ3n) is 4.33. The second-order valence-electron chi connectivity index (χ2n) is 6.17. The van der Waals surface area contributed by atoms with Crippen molar-refractivity contribution < 1.29 is 4.79 Å². The lowest BCUT2D eigenvalue weighted by Gasteiger charge is -2.36. The molecule has 25 heavy (non-hydrogen) atoms. The molecular formula is C18H20Cl2N4O. The number of rotatable bonds is 2. The Morgan fingerprint density at radius 3 is 2.32 bits per heavy atom. The van der Waals surface area contributed by atoms with Crippen molar-refractivity contribution in [2.45, 2.75) is 13.8 Å². The van der Waals surface area contributed by atoms with Gasteiger partial charge in [0.25, 0.3) is 0 Å². The highest BCUT2D eigenvalue weighted by Crippen LogP contribution is 2.33. The number of piperazine rings is 1. The number of halogens is 2. The fourth-order valence-corrected chi connectivity index (χ4v) is 3.59. The van der Waals surface area contributed by atoms with Gasteiger partial charge in [-0.25, -0.2) is 4.79 Å². The van der Waals surface area contributed by atoms with E-state index in [1.54, 1.807) is 17.3 Å². The van der Waals surface area contributed by atoms with Crippen molar-refractivity contribution in [3.8, 4) is 0 Å². The van der Waals surface area contributed by atoms with E-state index in [4.69, 9.17) is 23.2 Å². The average molecular weight is 379 g/mol. The first-order valence-electron chi connectivity index (χ1n) is 8.13. The van der Waals surface area contributed by atoms with E-state index in [-0.39, 0.29) is 6.03 Å². The number of nitrogens with one attached hydrogen (secondary N) is 1. The number of aromatic nitrogens is 1. The van der Waals surface area contributed by atoms with E-state index in [2.05, 4.69) is 21.3 Å². The van der Waals surface area contributed by atoms with Gasteiger partial charge in [0, 0.05) is 44.3 Å². The van der Waals surface area contributed by atoms with Gasteiger partial charge in [0.1, 0.15) is 0 Å². The Labute approximate surface area is 157 Å². The van der Waals surface area contributed by atoms with Crippen LogP contribution < -0.4 is 10.2 Å². The number of anilines is 2. The van der Waals surface area contributed by atoms with Crippen molar-refractivity contribution in [2.75, 3.05) is 36.4 Å². The van der Waals surface area contributed by atoms with Crippen LogP contribution >= 0.6 is 23.2 Å². The lowest BCUT2D eigenvalue weighted by Crippen LogP contribution is -2.50. The van der Waals surface area contributed by atoms with E-state index in [9.17, 15) is 4.79 Å². The summed E-state index contributed by atoms with van der Waals surface area (Å²) in [5.74, 6) is 0. The Kier molecular flexibility index (Phi) is 5.35. The van der Waals surface area contributed by atoms with Crippen LogP contribution in [-0.4, -0.2) is 42.1 Å². The summed E-state index contributed by atoms with van der Waals surface area (Å²) in [5, 5.41) is 4.05. The zero-order valence-electron chi connectivity index (χ0n) is 14.2. The van der Waals surface area contributed by atoms with Crippen LogP contribution in [0.1, 0.15) is 11.1 Å². The zero-order chi connectivity index (χ0) is 18.0. The summed E-state index contributed by atoms with van der Waals surface area (Å²) in [4.78, 5) is 20.4. The summed E-state index contributed by atoms with van der Waals surface area (Å²) in [6, 6.07) is 5.91. The summed E-state index contributed by atoms with van der Waals surface area (Å²) in [6.45, 7) is 6.58. The highest BCUT2D eigenvalue weighted by molar-refractivity contribution is 6.38. The molecule has 0 atom stereocenters. The fourth-order valence-electron chi connectivity index (χ4n) is 2.99. The molecule has 7 heteroatoms. The molecule has 5 nitrogen and oxygen atoms in total. The van der Waals surface area contributed by atoms with E-state index >= 15 is 0 Å². The molecule has 1 N–H and O–H groups in total. The van der Waals surface area contributed by atoms with Crippen molar-refractivity contribution in [1.82, 2.24) is 9.88 Å². The number of carbonyl (C=O) groups is 1. The van der Waals surface area contributed by atoms with E-state index < -0.39 is 0 Å². The van der Waals surface area contributed by atoms with Crippen molar-refractivity contribution in [3.05, 3.63) is 51.8 Å². The van der Waals surface area contributed by atoms with Crippen LogP contribution in [0.3, 0.4) is 0 Å². The van der Waals surface area contributed by atoms with Gasteiger partial charge in [-0.3, -0.25) is 4.98 Å². The molecule has 1 saturated heterocycles. The van der Waals surface area contributed by atoms with Crippen molar-refractivity contribution >= 4 is 40.6 Å². The number of hydrogen-bond donors (Lipinski definition) is 1. The monoisotopic (exact) mass is 378 g/mol. The molecule has 0 aliphatic carbocycles. The summed E-state index contributed by atoms with van der Waals surface area (Å²) < 4.78 is 0. The summed E-state index contributed by atoms with van der Waals surface area (Å²) >= 11 is 12.4. The van der Waals surface area contributed by atoms with Gasteiger partial charge in [-0.1, -0.05) is 40.9 Å². The molecule has 0 saturated carbocycles. The molecule has 1 aromatic carbocycles.